The number of aromatic hydroxyl groups is 1. The lowest BCUT2D eigenvalue weighted by atomic mass is 10.0. The number of Topliss-reactive ketones (excluding diaryl/α,β-unsaturated/α-hetero) is 2. The topological polar surface area (TPSA) is 67.3 Å². The summed E-state index contributed by atoms with van der Waals surface area (Å²) in [4.78, 5) is 28.6. The van der Waals surface area contributed by atoms with E-state index in [-0.39, 0.29) is 29.2 Å². The molecule has 0 unspecified atom stereocenters. The van der Waals surface area contributed by atoms with Crippen LogP contribution in [0.25, 0.3) is 10.9 Å². The molecule has 0 aliphatic rings. The molecule has 1 heterocycles. The third-order valence-corrected chi connectivity index (χ3v) is 3.41. The van der Waals surface area contributed by atoms with E-state index in [0.29, 0.717) is 5.52 Å². The minimum Gasteiger partial charge on any atom is -0.507 e. The summed E-state index contributed by atoms with van der Waals surface area (Å²) in [5.74, 6) is -0.899. The number of hydrogen-bond acceptors (Lipinski definition) is 4. The Kier molecular flexibility index (Phi) is 3.66. The number of rotatable bonds is 4. The molecular weight excluding hydrogens is 278 g/mol. The second-order valence-corrected chi connectivity index (χ2v) is 4.93. The molecule has 1 N–H and O–H groups in total. The first-order chi connectivity index (χ1) is 10.6. The molecule has 0 bridgehead atoms. The van der Waals surface area contributed by atoms with Gasteiger partial charge in [-0.15, -0.1) is 0 Å². The van der Waals surface area contributed by atoms with E-state index in [9.17, 15) is 14.7 Å². The van der Waals surface area contributed by atoms with E-state index < -0.39 is 5.78 Å². The summed E-state index contributed by atoms with van der Waals surface area (Å²) in [6.07, 6.45) is -0.317. The fourth-order valence-electron chi connectivity index (χ4n) is 2.26. The van der Waals surface area contributed by atoms with Gasteiger partial charge in [0.15, 0.2) is 11.6 Å². The van der Waals surface area contributed by atoms with Crippen molar-refractivity contribution in [3.05, 3.63) is 71.9 Å². The van der Waals surface area contributed by atoms with Gasteiger partial charge in [-0.1, -0.05) is 36.4 Å². The lowest BCUT2D eigenvalue weighted by molar-refractivity contribution is 0.0890. The predicted molar refractivity (Wildman–Crippen MR) is 83.1 cm³/mol. The number of phenols is 1. The molecule has 2 aromatic carbocycles. The highest BCUT2D eigenvalue weighted by molar-refractivity contribution is 6.14. The molecule has 0 amide bonds. The maximum atomic E-state index is 12.2. The van der Waals surface area contributed by atoms with Crippen molar-refractivity contribution in [1.29, 1.82) is 0 Å². The molecule has 1 aromatic heterocycles. The average Bonchev–Trinajstić information content (AvgIpc) is 2.54. The van der Waals surface area contributed by atoms with Gasteiger partial charge in [0.1, 0.15) is 11.4 Å². The number of para-hydroxylation sites is 2. The van der Waals surface area contributed by atoms with Gasteiger partial charge in [-0.25, -0.2) is 4.98 Å². The molecule has 0 radical (unpaired) electrons. The Morgan fingerprint density at radius 3 is 2.41 bits per heavy atom. The van der Waals surface area contributed by atoms with Gasteiger partial charge in [-0.2, -0.15) is 0 Å². The van der Waals surface area contributed by atoms with Gasteiger partial charge in [0.25, 0.3) is 0 Å². The number of hydrogen-bond donors (Lipinski definition) is 1. The summed E-state index contributed by atoms with van der Waals surface area (Å²) in [7, 11) is 0. The highest BCUT2D eigenvalue weighted by Crippen LogP contribution is 2.19. The molecule has 0 saturated carbocycles. The fraction of sp³-hybridized carbons (Fsp3) is 0.0556. The second-order valence-electron chi connectivity index (χ2n) is 4.93. The first kappa shape index (κ1) is 13.9. The van der Waals surface area contributed by atoms with Crippen LogP contribution in [-0.2, 0) is 0 Å². The maximum absolute atomic E-state index is 12.2. The third kappa shape index (κ3) is 2.72. The Morgan fingerprint density at radius 2 is 1.59 bits per heavy atom. The molecule has 0 atom stereocenters. The monoisotopic (exact) mass is 291 g/mol. The highest BCUT2D eigenvalue weighted by Gasteiger charge is 2.17. The molecule has 3 rings (SSSR count). The number of carbonyl (C=O) groups is 2. The molecular formula is C18H13NO3. The molecule has 0 fully saturated rings. The van der Waals surface area contributed by atoms with E-state index in [4.69, 9.17) is 0 Å². The zero-order valence-corrected chi connectivity index (χ0v) is 11.7. The van der Waals surface area contributed by atoms with Crippen LogP contribution in [-0.4, -0.2) is 21.7 Å². The average molecular weight is 291 g/mol. The summed E-state index contributed by atoms with van der Waals surface area (Å²) in [6, 6.07) is 17.1. The molecule has 4 nitrogen and oxygen atoms in total. The zero-order valence-electron chi connectivity index (χ0n) is 11.7. The minimum absolute atomic E-state index is 0.119. The standard InChI is InChI=1S/C18H13NO3/c20-16-8-4-2-6-13(16)17(21)11-18(22)15-10-9-12-5-1-3-7-14(12)19-15/h1-10,20H,11H2. The van der Waals surface area contributed by atoms with Crippen molar-refractivity contribution < 1.29 is 14.7 Å². The molecule has 108 valence electrons. The second kappa shape index (κ2) is 5.77. The van der Waals surface area contributed by atoms with Gasteiger partial charge in [0.2, 0.25) is 0 Å². The van der Waals surface area contributed by atoms with Crippen LogP contribution in [0, 0.1) is 0 Å². The molecule has 22 heavy (non-hydrogen) atoms. The molecule has 0 saturated heterocycles. The van der Waals surface area contributed by atoms with Crippen molar-refractivity contribution >= 4 is 22.5 Å². The first-order valence-corrected chi connectivity index (χ1v) is 6.85. The number of phenolic OH excluding ortho intramolecular Hbond substituents is 1. The molecule has 0 aliphatic carbocycles. The van der Waals surface area contributed by atoms with Gasteiger partial charge in [0.05, 0.1) is 17.5 Å². The highest BCUT2D eigenvalue weighted by atomic mass is 16.3. The fourth-order valence-corrected chi connectivity index (χ4v) is 2.26. The molecule has 3 aromatic rings. The van der Waals surface area contributed by atoms with Crippen molar-refractivity contribution in [3.8, 4) is 5.75 Å². The summed E-state index contributed by atoms with van der Waals surface area (Å²) in [6.45, 7) is 0. The van der Waals surface area contributed by atoms with Gasteiger partial charge >= 0.3 is 0 Å². The number of nitrogens with zero attached hydrogens (tertiary/aromatic N) is 1. The van der Waals surface area contributed by atoms with Gasteiger partial charge in [-0.3, -0.25) is 9.59 Å². The van der Waals surface area contributed by atoms with Crippen LogP contribution >= 0.6 is 0 Å². The van der Waals surface area contributed by atoms with Crippen LogP contribution in [0.1, 0.15) is 27.3 Å². The Bertz CT molecular complexity index is 871. The smallest absolute Gasteiger partial charge is 0.188 e. The Balaban J connectivity index is 1.84. The summed E-state index contributed by atoms with van der Waals surface area (Å²) >= 11 is 0. The number of aromatic nitrogens is 1. The Morgan fingerprint density at radius 1 is 0.864 bits per heavy atom. The van der Waals surface area contributed by atoms with Crippen LogP contribution < -0.4 is 0 Å². The normalized spacial score (nSPS) is 10.5. The van der Waals surface area contributed by atoms with E-state index >= 15 is 0 Å². The van der Waals surface area contributed by atoms with Gasteiger partial charge in [-0.05, 0) is 24.3 Å². The van der Waals surface area contributed by atoms with E-state index in [1.807, 2.05) is 24.3 Å². The largest absolute Gasteiger partial charge is 0.507 e. The quantitative estimate of drug-likeness (QED) is 0.591. The third-order valence-electron chi connectivity index (χ3n) is 3.41. The van der Waals surface area contributed by atoms with Gasteiger partial charge in [0, 0.05) is 5.39 Å². The number of fused-ring (bicyclic) bond motifs is 1. The van der Waals surface area contributed by atoms with E-state index in [2.05, 4.69) is 4.98 Å². The SMILES string of the molecule is O=C(CC(=O)c1ccccc1O)c1ccc2ccccc2n1. The van der Waals surface area contributed by atoms with Crippen LogP contribution in [0.3, 0.4) is 0 Å². The lowest BCUT2D eigenvalue weighted by Gasteiger charge is -2.04. The Hall–Kier alpha value is -3.01. The van der Waals surface area contributed by atoms with Crippen LogP contribution in [0.15, 0.2) is 60.7 Å². The van der Waals surface area contributed by atoms with E-state index in [0.717, 1.165) is 5.39 Å². The van der Waals surface area contributed by atoms with Crippen molar-refractivity contribution in [3.63, 3.8) is 0 Å². The van der Waals surface area contributed by atoms with Crippen molar-refractivity contribution in [2.24, 2.45) is 0 Å². The molecule has 0 aliphatic heterocycles. The molecule has 4 heteroatoms. The number of ketones is 2. The van der Waals surface area contributed by atoms with E-state index in [1.54, 1.807) is 24.3 Å². The summed E-state index contributed by atoms with van der Waals surface area (Å²) in [5, 5.41) is 10.6. The maximum Gasteiger partial charge on any atom is 0.188 e. The molecule has 0 spiro atoms. The van der Waals surface area contributed by atoms with Crippen LogP contribution in [0.5, 0.6) is 5.75 Å². The summed E-state index contributed by atoms with van der Waals surface area (Å²) < 4.78 is 0. The van der Waals surface area contributed by atoms with Crippen LogP contribution in [0.2, 0.25) is 0 Å². The lowest BCUT2D eigenvalue weighted by Crippen LogP contribution is -2.10. The first-order valence-electron chi connectivity index (χ1n) is 6.85. The zero-order chi connectivity index (χ0) is 15.5. The van der Waals surface area contributed by atoms with Crippen molar-refractivity contribution in [1.82, 2.24) is 4.98 Å². The van der Waals surface area contributed by atoms with Crippen LogP contribution in [0.4, 0.5) is 0 Å². The number of pyridine rings is 1. The van der Waals surface area contributed by atoms with Crippen molar-refractivity contribution in [2.75, 3.05) is 0 Å². The minimum atomic E-state index is -0.418. The van der Waals surface area contributed by atoms with E-state index in [1.165, 1.54) is 12.1 Å². The van der Waals surface area contributed by atoms with Crippen molar-refractivity contribution in [2.45, 2.75) is 6.42 Å². The number of carbonyl (C=O) groups excluding carboxylic acids is 2. The number of benzene rings is 2. The summed E-state index contributed by atoms with van der Waals surface area (Å²) in [5.41, 5.74) is 1.11. The predicted octanol–water partition coefficient (Wildman–Crippen LogP) is 3.40. The Labute approximate surface area is 127 Å². The van der Waals surface area contributed by atoms with Gasteiger partial charge < -0.3 is 5.11 Å².